The Bertz CT molecular complexity index is 1500. The number of anilines is 1. The molecule has 7 nitrogen and oxygen atoms in total. The molecular weight excluding hydrogens is 581 g/mol. The Hall–Kier alpha value is -3.07. The fraction of sp³-hybridized carbons (Fsp3) is 0.355. The zero-order valence-corrected chi connectivity index (χ0v) is 26.6. The van der Waals surface area contributed by atoms with Crippen LogP contribution in [0.15, 0.2) is 71.6 Å². The number of halogens is 2. The molecule has 0 radical (unpaired) electrons. The van der Waals surface area contributed by atoms with Crippen molar-refractivity contribution in [3.8, 4) is 0 Å². The third kappa shape index (κ3) is 8.24. The van der Waals surface area contributed by atoms with E-state index >= 15 is 0 Å². The van der Waals surface area contributed by atoms with E-state index in [1.165, 1.54) is 17.0 Å². The van der Waals surface area contributed by atoms with Crippen LogP contribution in [-0.2, 0) is 26.2 Å². The lowest BCUT2D eigenvalue weighted by Crippen LogP contribution is -2.55. The predicted octanol–water partition coefficient (Wildman–Crippen LogP) is 6.53. The Morgan fingerprint density at radius 1 is 0.951 bits per heavy atom. The van der Waals surface area contributed by atoms with Gasteiger partial charge >= 0.3 is 0 Å². The van der Waals surface area contributed by atoms with Gasteiger partial charge in [0.25, 0.3) is 10.0 Å². The van der Waals surface area contributed by atoms with E-state index in [0.29, 0.717) is 33.3 Å². The first kappa shape index (κ1) is 32.4. The molecule has 0 heterocycles. The van der Waals surface area contributed by atoms with Gasteiger partial charge in [-0.05, 0) is 88.6 Å². The van der Waals surface area contributed by atoms with Gasteiger partial charge in [0.1, 0.15) is 12.6 Å². The van der Waals surface area contributed by atoms with Crippen LogP contribution in [-0.4, -0.2) is 43.3 Å². The summed E-state index contributed by atoms with van der Waals surface area (Å²) in [6.07, 6.45) is 0.308. The molecule has 0 unspecified atom stereocenters. The van der Waals surface area contributed by atoms with E-state index in [2.05, 4.69) is 5.32 Å². The highest BCUT2D eigenvalue weighted by Crippen LogP contribution is 2.30. The van der Waals surface area contributed by atoms with Crippen molar-refractivity contribution in [2.75, 3.05) is 10.8 Å². The molecule has 0 saturated carbocycles. The summed E-state index contributed by atoms with van der Waals surface area (Å²) < 4.78 is 29.2. The SMILES string of the molecule is CC[C@@H](C(=O)NC(C)(C)C)N(Cc1ccccc1Cl)C(=O)CN(c1ccc(Cl)cc1C)S(=O)(=O)c1ccc(C)cc1. The van der Waals surface area contributed by atoms with Crippen LogP contribution in [0.4, 0.5) is 5.69 Å². The lowest BCUT2D eigenvalue weighted by atomic mass is 10.1. The molecule has 0 bridgehead atoms. The van der Waals surface area contributed by atoms with E-state index in [4.69, 9.17) is 23.2 Å². The minimum atomic E-state index is -4.18. The fourth-order valence-electron chi connectivity index (χ4n) is 4.43. The number of nitrogens with zero attached hydrogens (tertiary/aromatic N) is 2. The van der Waals surface area contributed by atoms with Gasteiger partial charge in [-0.1, -0.05) is 66.0 Å². The van der Waals surface area contributed by atoms with Crippen molar-refractivity contribution in [1.29, 1.82) is 0 Å². The van der Waals surface area contributed by atoms with Gasteiger partial charge in [-0.15, -0.1) is 0 Å². The molecule has 0 aromatic heterocycles. The molecule has 1 atom stereocenters. The molecular formula is C31H37Cl2N3O4S. The summed E-state index contributed by atoms with van der Waals surface area (Å²) in [6, 6.07) is 17.4. The first-order chi connectivity index (χ1) is 19.1. The monoisotopic (exact) mass is 617 g/mol. The molecule has 0 aliphatic carbocycles. The molecule has 0 saturated heterocycles. The zero-order chi connectivity index (χ0) is 30.5. The van der Waals surface area contributed by atoms with E-state index in [-0.39, 0.29) is 17.3 Å². The van der Waals surface area contributed by atoms with Crippen molar-refractivity contribution in [2.24, 2.45) is 0 Å². The van der Waals surface area contributed by atoms with Crippen molar-refractivity contribution in [3.63, 3.8) is 0 Å². The Morgan fingerprint density at radius 3 is 2.15 bits per heavy atom. The van der Waals surface area contributed by atoms with Gasteiger partial charge in [0.2, 0.25) is 11.8 Å². The fourth-order valence-corrected chi connectivity index (χ4v) is 6.33. The number of carbonyl (C=O) groups excluding carboxylic acids is 2. The molecule has 1 N–H and O–H groups in total. The summed E-state index contributed by atoms with van der Waals surface area (Å²) in [6.45, 7) is 10.5. The van der Waals surface area contributed by atoms with Crippen LogP contribution in [0.25, 0.3) is 0 Å². The van der Waals surface area contributed by atoms with Gasteiger partial charge in [-0.25, -0.2) is 8.42 Å². The number of aryl methyl sites for hydroxylation is 2. The predicted molar refractivity (Wildman–Crippen MR) is 166 cm³/mol. The molecule has 2 amide bonds. The topological polar surface area (TPSA) is 86.8 Å². The Morgan fingerprint density at radius 2 is 1.59 bits per heavy atom. The number of carbonyl (C=O) groups is 2. The van der Waals surface area contributed by atoms with Gasteiger partial charge < -0.3 is 10.2 Å². The average molecular weight is 619 g/mol. The van der Waals surface area contributed by atoms with Gasteiger partial charge in [0.15, 0.2) is 0 Å². The third-order valence-electron chi connectivity index (χ3n) is 6.50. The van der Waals surface area contributed by atoms with Crippen molar-refractivity contribution in [3.05, 3.63) is 93.5 Å². The number of hydrogen-bond acceptors (Lipinski definition) is 4. The molecule has 0 fully saturated rings. The highest BCUT2D eigenvalue weighted by atomic mass is 35.5. The Balaban J connectivity index is 2.12. The van der Waals surface area contributed by atoms with Crippen LogP contribution in [0.3, 0.4) is 0 Å². The van der Waals surface area contributed by atoms with E-state index in [1.54, 1.807) is 61.5 Å². The Kier molecular flexibility index (Phi) is 10.5. The number of benzene rings is 3. The van der Waals surface area contributed by atoms with Gasteiger partial charge in [0, 0.05) is 22.1 Å². The first-order valence-electron chi connectivity index (χ1n) is 13.3. The van der Waals surface area contributed by atoms with Crippen LogP contribution >= 0.6 is 23.2 Å². The second kappa shape index (κ2) is 13.3. The number of amides is 2. The maximum atomic E-state index is 14.2. The summed E-state index contributed by atoms with van der Waals surface area (Å²) >= 11 is 12.6. The minimum absolute atomic E-state index is 0.0204. The van der Waals surface area contributed by atoms with Crippen molar-refractivity contribution in [2.45, 2.75) is 71.0 Å². The van der Waals surface area contributed by atoms with Crippen molar-refractivity contribution >= 4 is 50.7 Å². The smallest absolute Gasteiger partial charge is 0.264 e. The van der Waals surface area contributed by atoms with Crippen molar-refractivity contribution in [1.82, 2.24) is 10.2 Å². The summed E-state index contributed by atoms with van der Waals surface area (Å²) in [4.78, 5) is 29.1. The molecule has 0 spiro atoms. The number of nitrogens with one attached hydrogen (secondary N) is 1. The lowest BCUT2D eigenvalue weighted by Gasteiger charge is -2.35. The van der Waals surface area contributed by atoms with Crippen LogP contribution in [0, 0.1) is 13.8 Å². The summed E-state index contributed by atoms with van der Waals surface area (Å²) in [5, 5.41) is 3.83. The highest BCUT2D eigenvalue weighted by Gasteiger charge is 2.35. The zero-order valence-electron chi connectivity index (χ0n) is 24.2. The molecule has 41 heavy (non-hydrogen) atoms. The third-order valence-corrected chi connectivity index (χ3v) is 8.88. The van der Waals surface area contributed by atoms with Gasteiger partial charge in [-0.2, -0.15) is 0 Å². The molecule has 0 aliphatic heterocycles. The van der Waals surface area contributed by atoms with E-state index in [0.717, 1.165) is 9.87 Å². The molecule has 3 rings (SSSR count). The second-order valence-electron chi connectivity index (χ2n) is 11.0. The second-order valence-corrected chi connectivity index (χ2v) is 13.7. The summed E-state index contributed by atoms with van der Waals surface area (Å²) in [7, 11) is -4.18. The standard InChI is InChI=1S/C31H37Cl2N3O4S/c1-7-27(30(38)34-31(4,5)6)35(19-23-10-8-9-11-26(23)33)29(37)20-36(28-17-14-24(32)18-22(28)3)41(39,40)25-15-12-21(2)13-16-25/h8-18,27H,7,19-20H2,1-6H3,(H,34,38)/t27-/m0/s1. The van der Waals surface area contributed by atoms with Gasteiger partial charge in [-0.3, -0.25) is 13.9 Å². The van der Waals surface area contributed by atoms with E-state index in [1.807, 2.05) is 34.6 Å². The quantitative estimate of drug-likeness (QED) is 0.280. The molecule has 220 valence electrons. The van der Waals surface area contributed by atoms with E-state index in [9.17, 15) is 18.0 Å². The molecule has 3 aromatic carbocycles. The highest BCUT2D eigenvalue weighted by molar-refractivity contribution is 7.92. The van der Waals surface area contributed by atoms with Crippen LogP contribution in [0.1, 0.15) is 50.8 Å². The van der Waals surface area contributed by atoms with Crippen LogP contribution in [0.2, 0.25) is 10.0 Å². The average Bonchev–Trinajstić information content (AvgIpc) is 2.87. The largest absolute Gasteiger partial charge is 0.350 e. The first-order valence-corrected chi connectivity index (χ1v) is 15.5. The number of sulfonamides is 1. The normalized spacial score (nSPS) is 12.5. The van der Waals surface area contributed by atoms with Crippen molar-refractivity contribution < 1.29 is 18.0 Å². The summed E-state index contributed by atoms with van der Waals surface area (Å²) in [5.74, 6) is -0.887. The molecule has 0 aliphatic rings. The maximum Gasteiger partial charge on any atom is 0.264 e. The molecule has 10 heteroatoms. The van der Waals surface area contributed by atoms with Gasteiger partial charge in [0.05, 0.1) is 10.6 Å². The van der Waals surface area contributed by atoms with Crippen LogP contribution < -0.4 is 9.62 Å². The maximum absolute atomic E-state index is 14.2. The van der Waals surface area contributed by atoms with E-state index < -0.39 is 34.1 Å². The minimum Gasteiger partial charge on any atom is -0.350 e. The lowest BCUT2D eigenvalue weighted by molar-refractivity contribution is -0.141. The number of hydrogen-bond donors (Lipinski definition) is 1. The Labute approximate surface area is 253 Å². The number of rotatable bonds is 10. The van der Waals surface area contributed by atoms with Crippen LogP contribution in [0.5, 0.6) is 0 Å². The molecule has 3 aromatic rings. The summed E-state index contributed by atoms with van der Waals surface area (Å²) in [5.41, 5.74) is 1.89.